The molecule has 2 aromatic heterocycles. The topological polar surface area (TPSA) is 73.0 Å². The van der Waals surface area contributed by atoms with E-state index >= 15 is 0 Å². The van der Waals surface area contributed by atoms with E-state index < -0.39 is 0 Å². The van der Waals surface area contributed by atoms with Crippen molar-refractivity contribution in [2.75, 3.05) is 0 Å². The van der Waals surface area contributed by atoms with E-state index in [1.54, 1.807) is 6.07 Å². The summed E-state index contributed by atoms with van der Waals surface area (Å²) in [5, 5.41) is 10.9. The number of carbonyl (C=O) groups excluding carboxylic acids is 1. The molecule has 7 heteroatoms. The first-order chi connectivity index (χ1) is 9.00. The third-order valence-corrected chi connectivity index (χ3v) is 3.37. The van der Waals surface area contributed by atoms with Gasteiger partial charge in [0.2, 0.25) is 5.76 Å². The minimum Gasteiger partial charge on any atom is -0.458 e. The maximum atomic E-state index is 11.9. The van der Waals surface area contributed by atoms with Gasteiger partial charge in [-0.1, -0.05) is 13.8 Å². The van der Waals surface area contributed by atoms with E-state index in [1.807, 2.05) is 25.5 Å². The van der Waals surface area contributed by atoms with Crippen molar-refractivity contribution in [3.05, 3.63) is 34.2 Å². The molecule has 0 unspecified atom stereocenters. The van der Waals surface area contributed by atoms with Gasteiger partial charge in [-0.2, -0.15) is 0 Å². The molecular weight excluding hydrogens is 312 g/mol. The van der Waals surface area contributed by atoms with E-state index in [4.69, 9.17) is 4.42 Å². The molecule has 0 fully saturated rings. The van der Waals surface area contributed by atoms with Crippen LogP contribution in [0.1, 0.15) is 42.0 Å². The molecule has 102 valence electrons. The number of furan rings is 1. The Balaban J connectivity index is 2.04. The van der Waals surface area contributed by atoms with Crippen molar-refractivity contribution in [1.29, 1.82) is 0 Å². The molecule has 0 spiro atoms. The molecule has 0 radical (unpaired) electrons. The first-order valence-corrected chi connectivity index (χ1v) is 6.69. The zero-order chi connectivity index (χ0) is 14.0. The highest BCUT2D eigenvalue weighted by molar-refractivity contribution is 9.10. The molecule has 0 bridgehead atoms. The van der Waals surface area contributed by atoms with Crippen LogP contribution in [0.3, 0.4) is 0 Å². The fourth-order valence-electron chi connectivity index (χ4n) is 1.73. The summed E-state index contributed by atoms with van der Waals surface area (Å²) in [4.78, 5) is 11.9. The van der Waals surface area contributed by atoms with Gasteiger partial charge in [0.15, 0.2) is 5.82 Å². The Kier molecular flexibility index (Phi) is 4.04. The zero-order valence-electron chi connectivity index (χ0n) is 11.0. The van der Waals surface area contributed by atoms with Crippen LogP contribution in [0.2, 0.25) is 0 Å². The molecule has 0 atom stereocenters. The number of amides is 1. The van der Waals surface area contributed by atoms with Crippen LogP contribution in [0.25, 0.3) is 0 Å². The van der Waals surface area contributed by atoms with Crippen molar-refractivity contribution in [3.63, 3.8) is 0 Å². The van der Waals surface area contributed by atoms with Crippen molar-refractivity contribution in [2.24, 2.45) is 7.05 Å². The third-order valence-electron chi connectivity index (χ3n) is 2.75. The lowest BCUT2D eigenvalue weighted by atomic mass is 10.2. The molecule has 2 aromatic rings. The largest absolute Gasteiger partial charge is 0.458 e. The Morgan fingerprint density at radius 3 is 2.79 bits per heavy atom. The number of rotatable bonds is 4. The van der Waals surface area contributed by atoms with Gasteiger partial charge in [-0.25, -0.2) is 0 Å². The summed E-state index contributed by atoms with van der Waals surface area (Å²) in [5.74, 6) is 1.86. The highest BCUT2D eigenvalue weighted by atomic mass is 79.9. The van der Waals surface area contributed by atoms with Crippen LogP contribution in [0.15, 0.2) is 21.2 Å². The number of hydrogen-bond acceptors (Lipinski definition) is 4. The summed E-state index contributed by atoms with van der Waals surface area (Å²) >= 11 is 3.24. The monoisotopic (exact) mass is 326 g/mol. The maximum absolute atomic E-state index is 11.9. The van der Waals surface area contributed by atoms with Gasteiger partial charge >= 0.3 is 0 Å². The Morgan fingerprint density at radius 1 is 1.53 bits per heavy atom. The quantitative estimate of drug-likeness (QED) is 0.935. The Morgan fingerprint density at radius 2 is 2.26 bits per heavy atom. The van der Waals surface area contributed by atoms with E-state index in [0.717, 1.165) is 5.82 Å². The van der Waals surface area contributed by atoms with Crippen molar-refractivity contribution in [1.82, 2.24) is 20.1 Å². The Bertz CT molecular complexity index is 588. The Labute approximate surface area is 119 Å². The van der Waals surface area contributed by atoms with Gasteiger partial charge < -0.3 is 14.3 Å². The van der Waals surface area contributed by atoms with Crippen LogP contribution in [0.5, 0.6) is 0 Å². The number of halogens is 1. The zero-order valence-corrected chi connectivity index (χ0v) is 12.6. The van der Waals surface area contributed by atoms with Gasteiger partial charge in [-0.05, 0) is 22.0 Å². The summed E-state index contributed by atoms with van der Waals surface area (Å²) in [5.41, 5.74) is 0. The first-order valence-electron chi connectivity index (χ1n) is 5.90. The van der Waals surface area contributed by atoms with Crippen LogP contribution in [0.4, 0.5) is 0 Å². The molecule has 0 aliphatic heterocycles. The van der Waals surface area contributed by atoms with Crippen molar-refractivity contribution >= 4 is 21.8 Å². The summed E-state index contributed by atoms with van der Waals surface area (Å²) in [6.45, 7) is 4.40. The van der Waals surface area contributed by atoms with Gasteiger partial charge in [-0.3, -0.25) is 4.79 Å². The third kappa shape index (κ3) is 2.86. The molecule has 0 saturated carbocycles. The lowest BCUT2D eigenvalue weighted by Crippen LogP contribution is -2.24. The summed E-state index contributed by atoms with van der Waals surface area (Å²) in [7, 11) is 1.89. The number of aromatic nitrogens is 3. The first kappa shape index (κ1) is 13.8. The molecule has 2 rings (SSSR count). The molecule has 0 aromatic carbocycles. The summed E-state index contributed by atoms with van der Waals surface area (Å²) < 4.78 is 7.61. The molecule has 0 aliphatic carbocycles. The van der Waals surface area contributed by atoms with Gasteiger partial charge in [0, 0.05) is 13.0 Å². The highest BCUT2D eigenvalue weighted by Crippen LogP contribution is 2.17. The average molecular weight is 327 g/mol. The fourth-order valence-corrected chi connectivity index (χ4v) is 2.11. The van der Waals surface area contributed by atoms with Crippen LogP contribution < -0.4 is 5.32 Å². The van der Waals surface area contributed by atoms with Crippen LogP contribution in [-0.4, -0.2) is 20.7 Å². The second kappa shape index (κ2) is 5.56. The SMILES string of the molecule is CC(C)c1nnc(CNC(=O)c2occc2Br)n1C. The summed E-state index contributed by atoms with van der Waals surface area (Å²) in [6, 6.07) is 1.67. The second-order valence-electron chi connectivity index (χ2n) is 4.47. The molecule has 0 saturated heterocycles. The van der Waals surface area contributed by atoms with E-state index in [2.05, 4.69) is 31.4 Å². The van der Waals surface area contributed by atoms with E-state index in [0.29, 0.717) is 22.8 Å². The number of hydrogen-bond donors (Lipinski definition) is 1. The minimum absolute atomic E-state index is 0.256. The molecule has 6 nitrogen and oxygen atoms in total. The molecule has 0 aliphatic rings. The smallest absolute Gasteiger partial charge is 0.288 e. The fraction of sp³-hybridized carbons (Fsp3) is 0.417. The van der Waals surface area contributed by atoms with Gasteiger partial charge in [0.25, 0.3) is 5.91 Å². The van der Waals surface area contributed by atoms with Gasteiger partial charge in [0.05, 0.1) is 17.3 Å². The number of carbonyl (C=O) groups is 1. The second-order valence-corrected chi connectivity index (χ2v) is 5.32. The van der Waals surface area contributed by atoms with Gasteiger partial charge in [-0.15, -0.1) is 10.2 Å². The highest BCUT2D eigenvalue weighted by Gasteiger charge is 2.16. The van der Waals surface area contributed by atoms with E-state index in [1.165, 1.54) is 6.26 Å². The maximum Gasteiger partial charge on any atom is 0.288 e. The minimum atomic E-state index is -0.286. The lowest BCUT2D eigenvalue weighted by Gasteiger charge is -2.06. The average Bonchev–Trinajstić information content (AvgIpc) is 2.93. The number of nitrogens with one attached hydrogen (secondary N) is 1. The lowest BCUT2D eigenvalue weighted by molar-refractivity contribution is 0.0920. The molecule has 2 heterocycles. The Hall–Kier alpha value is -1.63. The van der Waals surface area contributed by atoms with Crippen molar-refractivity contribution < 1.29 is 9.21 Å². The number of nitrogens with zero attached hydrogens (tertiary/aromatic N) is 3. The molecule has 1 amide bonds. The molecular formula is C12H15BrN4O2. The molecule has 19 heavy (non-hydrogen) atoms. The predicted octanol–water partition coefficient (Wildman–Crippen LogP) is 2.22. The van der Waals surface area contributed by atoms with Gasteiger partial charge in [0.1, 0.15) is 5.82 Å². The van der Waals surface area contributed by atoms with Crippen molar-refractivity contribution in [3.8, 4) is 0 Å². The van der Waals surface area contributed by atoms with Crippen LogP contribution >= 0.6 is 15.9 Å². The standard InChI is InChI=1S/C12H15BrN4O2/c1-7(2)11-16-15-9(17(11)3)6-14-12(18)10-8(13)4-5-19-10/h4-5,7H,6H2,1-3H3,(H,14,18). The van der Waals surface area contributed by atoms with E-state index in [-0.39, 0.29) is 11.7 Å². The molecule has 1 N–H and O–H groups in total. The summed E-state index contributed by atoms with van der Waals surface area (Å²) in [6.07, 6.45) is 1.46. The normalized spacial score (nSPS) is 11.0. The van der Waals surface area contributed by atoms with Crippen molar-refractivity contribution in [2.45, 2.75) is 26.3 Å². The van der Waals surface area contributed by atoms with Crippen LogP contribution in [-0.2, 0) is 13.6 Å². The van der Waals surface area contributed by atoms with E-state index in [9.17, 15) is 4.79 Å². The predicted molar refractivity (Wildman–Crippen MR) is 72.7 cm³/mol. The van der Waals surface area contributed by atoms with Crippen LogP contribution in [0, 0.1) is 0 Å².